The van der Waals surface area contributed by atoms with Gasteiger partial charge in [-0.3, -0.25) is 0 Å². The summed E-state index contributed by atoms with van der Waals surface area (Å²) >= 11 is 0. The SMILES string of the molecule is CCCc1nc(N)c(C)c(OC(C)CCC)n1. The van der Waals surface area contributed by atoms with E-state index in [1.54, 1.807) is 0 Å². The van der Waals surface area contributed by atoms with Gasteiger partial charge in [-0.25, -0.2) is 4.98 Å². The summed E-state index contributed by atoms with van der Waals surface area (Å²) in [4.78, 5) is 8.69. The normalized spacial score (nSPS) is 12.5. The highest BCUT2D eigenvalue weighted by atomic mass is 16.5. The molecule has 1 rings (SSSR count). The Morgan fingerprint density at radius 3 is 2.53 bits per heavy atom. The number of nitrogens with two attached hydrogens (primary N) is 1. The summed E-state index contributed by atoms with van der Waals surface area (Å²) in [5.74, 6) is 1.94. The van der Waals surface area contributed by atoms with Crippen LogP contribution in [0, 0.1) is 6.92 Å². The molecular weight excluding hydrogens is 214 g/mol. The van der Waals surface area contributed by atoms with Gasteiger partial charge in [-0.1, -0.05) is 20.3 Å². The van der Waals surface area contributed by atoms with E-state index in [0.717, 1.165) is 37.1 Å². The molecule has 4 nitrogen and oxygen atoms in total. The van der Waals surface area contributed by atoms with Crippen LogP contribution in [0.25, 0.3) is 0 Å². The molecule has 0 aromatic carbocycles. The second-order valence-electron chi connectivity index (χ2n) is 4.42. The third-order valence-corrected chi connectivity index (χ3v) is 2.67. The molecule has 4 heteroatoms. The summed E-state index contributed by atoms with van der Waals surface area (Å²) in [5.41, 5.74) is 6.71. The van der Waals surface area contributed by atoms with Gasteiger partial charge in [0.15, 0.2) is 0 Å². The summed E-state index contributed by atoms with van der Waals surface area (Å²) in [7, 11) is 0. The minimum Gasteiger partial charge on any atom is -0.474 e. The molecule has 0 aliphatic carbocycles. The number of aromatic nitrogens is 2. The van der Waals surface area contributed by atoms with Crippen molar-refractivity contribution >= 4 is 5.82 Å². The van der Waals surface area contributed by atoms with Gasteiger partial charge >= 0.3 is 0 Å². The molecule has 0 spiro atoms. The molecule has 0 aliphatic rings. The predicted octanol–water partition coefficient (Wildman–Crippen LogP) is 2.89. The largest absolute Gasteiger partial charge is 0.474 e. The summed E-state index contributed by atoms with van der Waals surface area (Å²) in [6, 6.07) is 0. The first-order valence-corrected chi connectivity index (χ1v) is 6.38. The summed E-state index contributed by atoms with van der Waals surface area (Å²) in [6.45, 7) is 8.20. The molecule has 1 aromatic heterocycles. The first-order chi connectivity index (χ1) is 8.08. The topological polar surface area (TPSA) is 61.0 Å². The number of ether oxygens (including phenoxy) is 1. The third-order valence-electron chi connectivity index (χ3n) is 2.67. The Morgan fingerprint density at radius 2 is 1.94 bits per heavy atom. The van der Waals surface area contributed by atoms with Crippen molar-refractivity contribution in [3.63, 3.8) is 0 Å². The van der Waals surface area contributed by atoms with E-state index in [0.29, 0.717) is 11.7 Å². The zero-order valence-electron chi connectivity index (χ0n) is 11.3. The third kappa shape index (κ3) is 3.88. The maximum Gasteiger partial charge on any atom is 0.222 e. The summed E-state index contributed by atoms with van der Waals surface area (Å²) in [5, 5.41) is 0. The molecule has 0 saturated heterocycles. The molecule has 1 unspecified atom stereocenters. The van der Waals surface area contributed by atoms with Gasteiger partial charge in [0.2, 0.25) is 5.88 Å². The molecule has 0 saturated carbocycles. The number of hydrogen-bond donors (Lipinski definition) is 1. The summed E-state index contributed by atoms with van der Waals surface area (Å²) < 4.78 is 5.82. The van der Waals surface area contributed by atoms with E-state index in [2.05, 4.69) is 30.7 Å². The van der Waals surface area contributed by atoms with Crippen molar-refractivity contribution in [1.29, 1.82) is 0 Å². The van der Waals surface area contributed by atoms with E-state index in [1.165, 1.54) is 0 Å². The fourth-order valence-corrected chi connectivity index (χ4v) is 1.66. The van der Waals surface area contributed by atoms with Gasteiger partial charge in [-0.2, -0.15) is 4.98 Å². The highest BCUT2D eigenvalue weighted by Gasteiger charge is 2.12. The maximum atomic E-state index is 5.87. The fraction of sp³-hybridized carbons (Fsp3) is 0.692. The van der Waals surface area contributed by atoms with Gasteiger partial charge < -0.3 is 10.5 Å². The maximum absolute atomic E-state index is 5.87. The van der Waals surface area contributed by atoms with Gasteiger partial charge in [-0.05, 0) is 26.7 Å². The first-order valence-electron chi connectivity index (χ1n) is 6.38. The minimum absolute atomic E-state index is 0.169. The molecule has 1 aromatic rings. The van der Waals surface area contributed by atoms with Crippen LogP contribution in [0.5, 0.6) is 5.88 Å². The van der Waals surface area contributed by atoms with Gasteiger partial charge in [0, 0.05) is 6.42 Å². The Balaban J connectivity index is 2.88. The smallest absolute Gasteiger partial charge is 0.222 e. The van der Waals surface area contributed by atoms with Gasteiger partial charge in [0.05, 0.1) is 11.7 Å². The standard InChI is InChI=1S/C13H23N3O/c1-5-7-9(3)17-13-10(4)12(14)15-11(16-13)8-6-2/h9H,5-8H2,1-4H3,(H2,14,15,16). The van der Waals surface area contributed by atoms with Gasteiger partial charge in [-0.15, -0.1) is 0 Å². The Kier molecular flexibility index (Phi) is 5.19. The highest BCUT2D eigenvalue weighted by Crippen LogP contribution is 2.22. The Bertz CT molecular complexity index is 366. The van der Waals surface area contributed by atoms with Crippen molar-refractivity contribution in [3.8, 4) is 5.88 Å². The van der Waals surface area contributed by atoms with E-state index < -0.39 is 0 Å². The Hall–Kier alpha value is -1.32. The Morgan fingerprint density at radius 1 is 1.24 bits per heavy atom. The Labute approximate surface area is 104 Å². The van der Waals surface area contributed by atoms with E-state index in [4.69, 9.17) is 10.5 Å². The van der Waals surface area contributed by atoms with Crippen LogP contribution in [0.3, 0.4) is 0 Å². The second-order valence-corrected chi connectivity index (χ2v) is 4.42. The van der Waals surface area contributed by atoms with Crippen LogP contribution in [0.4, 0.5) is 5.82 Å². The van der Waals surface area contributed by atoms with Gasteiger partial charge in [0.1, 0.15) is 11.6 Å². The van der Waals surface area contributed by atoms with Crippen molar-refractivity contribution in [2.24, 2.45) is 0 Å². The van der Waals surface area contributed by atoms with Crippen molar-refractivity contribution in [2.75, 3.05) is 5.73 Å². The van der Waals surface area contributed by atoms with Crippen molar-refractivity contribution < 1.29 is 4.74 Å². The van der Waals surface area contributed by atoms with Gasteiger partial charge in [0.25, 0.3) is 0 Å². The first kappa shape index (κ1) is 13.7. The molecule has 0 bridgehead atoms. The lowest BCUT2D eigenvalue weighted by Crippen LogP contribution is -2.15. The van der Waals surface area contributed by atoms with Crippen LogP contribution in [0.2, 0.25) is 0 Å². The van der Waals surface area contributed by atoms with Crippen molar-refractivity contribution in [1.82, 2.24) is 9.97 Å². The zero-order chi connectivity index (χ0) is 12.8. The van der Waals surface area contributed by atoms with E-state index in [9.17, 15) is 0 Å². The van der Waals surface area contributed by atoms with Crippen LogP contribution < -0.4 is 10.5 Å². The lowest BCUT2D eigenvalue weighted by atomic mass is 10.2. The average molecular weight is 237 g/mol. The van der Waals surface area contributed by atoms with Crippen LogP contribution in [0.1, 0.15) is 51.4 Å². The number of aryl methyl sites for hydroxylation is 1. The molecule has 17 heavy (non-hydrogen) atoms. The molecule has 96 valence electrons. The lowest BCUT2D eigenvalue weighted by Gasteiger charge is -2.16. The van der Waals surface area contributed by atoms with Crippen molar-refractivity contribution in [2.45, 2.75) is 59.5 Å². The monoisotopic (exact) mass is 237 g/mol. The minimum atomic E-state index is 0.169. The summed E-state index contributed by atoms with van der Waals surface area (Å²) in [6.07, 6.45) is 4.13. The number of nitrogens with zero attached hydrogens (tertiary/aromatic N) is 2. The van der Waals surface area contributed by atoms with Crippen molar-refractivity contribution in [3.05, 3.63) is 11.4 Å². The molecule has 1 atom stereocenters. The average Bonchev–Trinajstić information content (AvgIpc) is 2.26. The lowest BCUT2D eigenvalue weighted by molar-refractivity contribution is 0.199. The molecular formula is C13H23N3O. The van der Waals surface area contributed by atoms with Crippen LogP contribution in [-0.2, 0) is 6.42 Å². The fourth-order valence-electron chi connectivity index (χ4n) is 1.66. The van der Waals surface area contributed by atoms with Crippen LogP contribution >= 0.6 is 0 Å². The molecule has 2 N–H and O–H groups in total. The van der Waals surface area contributed by atoms with Crippen LogP contribution in [-0.4, -0.2) is 16.1 Å². The van der Waals surface area contributed by atoms with E-state index in [-0.39, 0.29) is 6.10 Å². The molecule has 1 heterocycles. The van der Waals surface area contributed by atoms with E-state index in [1.807, 2.05) is 6.92 Å². The molecule has 0 fully saturated rings. The number of hydrogen-bond acceptors (Lipinski definition) is 4. The van der Waals surface area contributed by atoms with Crippen LogP contribution in [0.15, 0.2) is 0 Å². The number of nitrogen functional groups attached to an aromatic ring is 1. The second kappa shape index (κ2) is 6.42. The molecule has 0 aliphatic heterocycles. The highest BCUT2D eigenvalue weighted by molar-refractivity contribution is 5.44. The molecule has 0 amide bonds. The molecule has 0 radical (unpaired) electrons. The zero-order valence-corrected chi connectivity index (χ0v) is 11.3. The number of anilines is 1. The van der Waals surface area contributed by atoms with E-state index >= 15 is 0 Å². The number of rotatable bonds is 6. The predicted molar refractivity (Wildman–Crippen MR) is 70.2 cm³/mol. The quantitative estimate of drug-likeness (QED) is 0.826.